The Bertz CT molecular complexity index is 528. The van der Waals surface area contributed by atoms with Crippen LogP contribution in [0.5, 0.6) is 0 Å². The van der Waals surface area contributed by atoms with Crippen molar-refractivity contribution in [3.8, 4) is 0 Å². The molecule has 0 aromatic heterocycles. The van der Waals surface area contributed by atoms with Crippen LogP contribution in [0.25, 0.3) is 0 Å². The number of aryl methyl sites for hydroxylation is 1. The topological polar surface area (TPSA) is 64.4 Å². The highest BCUT2D eigenvalue weighted by Crippen LogP contribution is 2.32. The fourth-order valence-corrected chi connectivity index (χ4v) is 2.90. The summed E-state index contributed by atoms with van der Waals surface area (Å²) in [4.78, 5) is 11.9. The molecule has 136 valence electrons. The summed E-state index contributed by atoms with van der Waals surface area (Å²) in [6.45, 7) is 7.18. The van der Waals surface area contributed by atoms with Crippen molar-refractivity contribution >= 4 is 18.3 Å². The van der Waals surface area contributed by atoms with Gasteiger partial charge < -0.3 is 15.8 Å². The molecule has 0 heterocycles. The van der Waals surface area contributed by atoms with E-state index in [0.717, 1.165) is 19.3 Å². The number of nitrogens with two attached hydrogens (primary N) is 1. The first-order chi connectivity index (χ1) is 10.9. The van der Waals surface area contributed by atoms with E-state index in [1.807, 2.05) is 20.8 Å². The molecule has 2 atom stereocenters. The van der Waals surface area contributed by atoms with Crippen LogP contribution in [0, 0.1) is 5.41 Å². The van der Waals surface area contributed by atoms with Crippen molar-refractivity contribution in [2.24, 2.45) is 11.1 Å². The number of halogens is 1. The molecule has 1 amide bonds. The molecule has 1 unspecified atom stereocenters. The molecule has 0 saturated carbocycles. The highest BCUT2D eigenvalue weighted by Gasteiger charge is 2.27. The Hall–Kier alpha value is -1.10. The summed E-state index contributed by atoms with van der Waals surface area (Å²) in [5.74, 6) is -0.0829. The lowest BCUT2D eigenvalue weighted by Crippen LogP contribution is -2.48. The van der Waals surface area contributed by atoms with E-state index in [0.29, 0.717) is 13.2 Å². The van der Waals surface area contributed by atoms with Crippen molar-refractivity contribution < 1.29 is 9.53 Å². The van der Waals surface area contributed by atoms with E-state index in [1.165, 1.54) is 17.5 Å². The normalized spacial score (nSPS) is 18.2. The molecule has 0 spiro atoms. The Labute approximate surface area is 151 Å². The van der Waals surface area contributed by atoms with Crippen molar-refractivity contribution in [2.45, 2.75) is 58.6 Å². The van der Waals surface area contributed by atoms with E-state index >= 15 is 0 Å². The molecule has 0 saturated heterocycles. The average Bonchev–Trinajstić information content (AvgIpc) is 2.53. The summed E-state index contributed by atoms with van der Waals surface area (Å²) in [5.41, 5.74) is 8.46. The maximum absolute atomic E-state index is 11.9. The van der Waals surface area contributed by atoms with Gasteiger partial charge >= 0.3 is 0 Å². The fourth-order valence-electron chi connectivity index (χ4n) is 2.90. The first-order valence-electron chi connectivity index (χ1n) is 8.62. The lowest BCUT2D eigenvalue weighted by molar-refractivity contribution is -0.124. The second-order valence-electron chi connectivity index (χ2n) is 7.44. The van der Waals surface area contributed by atoms with E-state index in [1.54, 1.807) is 0 Å². The number of carbonyl (C=O) groups excluding carboxylic acids is 1. The highest BCUT2D eigenvalue weighted by molar-refractivity contribution is 5.85. The van der Waals surface area contributed by atoms with E-state index in [9.17, 15) is 4.79 Å². The van der Waals surface area contributed by atoms with Crippen LogP contribution < -0.4 is 11.1 Å². The quantitative estimate of drug-likeness (QED) is 0.770. The van der Waals surface area contributed by atoms with Gasteiger partial charge in [-0.2, -0.15) is 0 Å². The molecule has 3 N–H and O–H groups in total. The number of hydrogen-bond donors (Lipinski definition) is 2. The fraction of sp³-hybridized carbons (Fsp3) is 0.632. The Morgan fingerprint density at radius 1 is 1.38 bits per heavy atom. The predicted octanol–water partition coefficient (Wildman–Crippen LogP) is 3.38. The maximum atomic E-state index is 11.9. The number of nitrogens with one attached hydrogen (secondary N) is 1. The third kappa shape index (κ3) is 5.76. The minimum atomic E-state index is -0.478. The molecule has 1 aliphatic carbocycles. The molecule has 1 aliphatic rings. The molecule has 0 radical (unpaired) electrons. The van der Waals surface area contributed by atoms with Gasteiger partial charge in [0, 0.05) is 13.2 Å². The molecule has 24 heavy (non-hydrogen) atoms. The second-order valence-corrected chi connectivity index (χ2v) is 7.44. The van der Waals surface area contributed by atoms with Crippen LogP contribution >= 0.6 is 12.4 Å². The lowest BCUT2D eigenvalue weighted by atomic mass is 9.87. The zero-order chi connectivity index (χ0) is 16.9. The van der Waals surface area contributed by atoms with Gasteiger partial charge in [0.2, 0.25) is 5.91 Å². The third-order valence-corrected chi connectivity index (χ3v) is 4.47. The van der Waals surface area contributed by atoms with Gasteiger partial charge in [0.05, 0.1) is 12.1 Å². The summed E-state index contributed by atoms with van der Waals surface area (Å²) >= 11 is 0. The molecule has 5 heteroatoms. The molecule has 1 aromatic carbocycles. The second kappa shape index (κ2) is 9.40. The largest absolute Gasteiger partial charge is 0.373 e. The summed E-state index contributed by atoms with van der Waals surface area (Å²) in [6, 6.07) is 8.06. The smallest absolute Gasteiger partial charge is 0.237 e. The number of benzene rings is 1. The van der Waals surface area contributed by atoms with E-state index in [4.69, 9.17) is 10.5 Å². The van der Waals surface area contributed by atoms with Crippen LogP contribution in [0.3, 0.4) is 0 Å². The highest BCUT2D eigenvalue weighted by atomic mass is 35.5. The zero-order valence-corrected chi connectivity index (χ0v) is 15.8. The van der Waals surface area contributed by atoms with Crippen molar-refractivity contribution in [3.05, 3.63) is 35.4 Å². The lowest BCUT2D eigenvalue weighted by Gasteiger charge is -2.26. The van der Waals surface area contributed by atoms with Crippen molar-refractivity contribution in [3.63, 3.8) is 0 Å². The molecule has 0 aliphatic heterocycles. The SMILES string of the molecule is CC(C)(C)[C@H](N)C(=O)NCCCOC1CCCc2ccccc21.Cl. The van der Waals surface area contributed by atoms with E-state index in [2.05, 4.69) is 29.6 Å². The molecular weight excluding hydrogens is 324 g/mol. The molecule has 1 aromatic rings. The molecule has 0 bridgehead atoms. The van der Waals surface area contributed by atoms with Gasteiger partial charge in [-0.15, -0.1) is 12.4 Å². The van der Waals surface area contributed by atoms with Crippen LogP contribution in [0.2, 0.25) is 0 Å². The minimum absolute atomic E-state index is 0. The summed E-state index contributed by atoms with van der Waals surface area (Å²) in [6.07, 6.45) is 4.42. The first kappa shape index (κ1) is 20.9. The standard InChI is InChI=1S/C19H30N2O2.ClH/c1-19(2,3)17(20)18(22)21-12-7-13-23-16-11-6-9-14-8-4-5-10-15(14)16;/h4-5,8,10,16-17H,6-7,9,11-13,20H2,1-3H3,(H,21,22);1H/t16?,17-;/m1./s1. The van der Waals surface area contributed by atoms with Crippen LogP contribution in [-0.4, -0.2) is 25.1 Å². The van der Waals surface area contributed by atoms with Crippen LogP contribution in [0.15, 0.2) is 24.3 Å². The first-order valence-corrected chi connectivity index (χ1v) is 8.62. The molecular formula is C19H31ClN2O2. The number of hydrogen-bond acceptors (Lipinski definition) is 3. The van der Waals surface area contributed by atoms with Crippen LogP contribution in [0.1, 0.15) is 57.3 Å². The van der Waals surface area contributed by atoms with Gasteiger partial charge in [0.1, 0.15) is 0 Å². The predicted molar refractivity (Wildman–Crippen MR) is 100 cm³/mol. The van der Waals surface area contributed by atoms with Gasteiger partial charge in [-0.3, -0.25) is 4.79 Å². The minimum Gasteiger partial charge on any atom is -0.373 e. The number of fused-ring (bicyclic) bond motifs is 1. The number of rotatable bonds is 6. The van der Waals surface area contributed by atoms with Crippen molar-refractivity contribution in [1.29, 1.82) is 0 Å². The van der Waals surface area contributed by atoms with E-state index in [-0.39, 0.29) is 29.8 Å². The van der Waals surface area contributed by atoms with E-state index < -0.39 is 6.04 Å². The van der Waals surface area contributed by atoms with Crippen molar-refractivity contribution in [2.75, 3.05) is 13.2 Å². The third-order valence-electron chi connectivity index (χ3n) is 4.47. The van der Waals surface area contributed by atoms with Gasteiger partial charge in [-0.1, -0.05) is 45.0 Å². The van der Waals surface area contributed by atoms with Gasteiger partial charge in [-0.25, -0.2) is 0 Å². The zero-order valence-electron chi connectivity index (χ0n) is 15.0. The van der Waals surface area contributed by atoms with Gasteiger partial charge in [0.15, 0.2) is 0 Å². The molecule has 0 fully saturated rings. The van der Waals surface area contributed by atoms with Crippen molar-refractivity contribution in [1.82, 2.24) is 5.32 Å². The number of carbonyl (C=O) groups is 1. The Morgan fingerprint density at radius 2 is 2.08 bits per heavy atom. The monoisotopic (exact) mass is 354 g/mol. The Morgan fingerprint density at radius 3 is 2.79 bits per heavy atom. The Kier molecular flexibility index (Phi) is 8.20. The maximum Gasteiger partial charge on any atom is 0.237 e. The summed E-state index contributed by atoms with van der Waals surface area (Å²) < 4.78 is 6.04. The van der Waals surface area contributed by atoms with Gasteiger partial charge in [0.25, 0.3) is 0 Å². The van der Waals surface area contributed by atoms with Gasteiger partial charge in [-0.05, 0) is 42.2 Å². The van der Waals surface area contributed by atoms with Crippen LogP contribution in [0.4, 0.5) is 0 Å². The molecule has 4 nitrogen and oxygen atoms in total. The average molecular weight is 355 g/mol. The number of ether oxygens (including phenoxy) is 1. The number of amides is 1. The summed E-state index contributed by atoms with van der Waals surface area (Å²) in [7, 11) is 0. The summed E-state index contributed by atoms with van der Waals surface area (Å²) in [5, 5.41) is 2.90. The molecule has 2 rings (SSSR count). The Balaban J connectivity index is 0.00000288. The van der Waals surface area contributed by atoms with Crippen LogP contribution in [-0.2, 0) is 16.0 Å².